The van der Waals surface area contributed by atoms with E-state index in [1.807, 2.05) is 4.72 Å². The number of carboxylic acids is 1. The molecule has 1 saturated heterocycles. The number of hydrogen-bond donors (Lipinski definition) is 3. The van der Waals surface area contributed by atoms with E-state index in [1.54, 1.807) is 19.9 Å². The molecule has 0 spiro atoms. The Morgan fingerprint density at radius 1 is 1.00 bits per heavy atom. The summed E-state index contributed by atoms with van der Waals surface area (Å²) in [5.41, 5.74) is -1.21. The molecule has 52 heavy (non-hydrogen) atoms. The monoisotopic (exact) mass is 767 g/mol. The Morgan fingerprint density at radius 2 is 1.65 bits per heavy atom. The number of rotatable bonds is 9. The summed E-state index contributed by atoms with van der Waals surface area (Å²) in [6.07, 6.45) is -4.99. The van der Waals surface area contributed by atoms with Gasteiger partial charge in [-0.3, -0.25) is 15.4 Å². The van der Waals surface area contributed by atoms with Crippen molar-refractivity contribution in [2.45, 2.75) is 31.0 Å². The molecule has 0 bridgehead atoms. The number of aromatic nitrogens is 2. The molecule has 0 aliphatic carbocycles. The number of ether oxygens (including phenoxy) is 3. The van der Waals surface area contributed by atoms with Crippen molar-refractivity contribution < 1.29 is 60.2 Å². The summed E-state index contributed by atoms with van der Waals surface area (Å²) in [5, 5.41) is 21.6. The van der Waals surface area contributed by atoms with Gasteiger partial charge < -0.3 is 19.3 Å². The maximum Gasteiger partial charge on any atom is 0.416 e. The minimum atomic E-state index is -4.58. The van der Waals surface area contributed by atoms with Gasteiger partial charge in [0.15, 0.2) is 0 Å². The van der Waals surface area contributed by atoms with Crippen LogP contribution in [0.1, 0.15) is 37.7 Å². The second kappa shape index (κ2) is 16.0. The quantitative estimate of drug-likeness (QED) is 0.102. The molecule has 0 atom stereocenters. The van der Waals surface area contributed by atoms with Gasteiger partial charge in [0.1, 0.15) is 28.1 Å². The van der Waals surface area contributed by atoms with E-state index in [0.717, 1.165) is 30.3 Å². The van der Waals surface area contributed by atoms with Crippen LogP contribution in [0.5, 0.6) is 11.5 Å². The smallest absolute Gasteiger partial charge is 0.416 e. The highest BCUT2D eigenvalue weighted by atomic mass is 35.5. The maximum atomic E-state index is 12.6. The van der Waals surface area contributed by atoms with Gasteiger partial charge in [0.2, 0.25) is 5.95 Å². The van der Waals surface area contributed by atoms with Gasteiger partial charge in [-0.2, -0.15) is 13.2 Å². The molecule has 16 nitrogen and oxygen atoms in total. The molecule has 0 unspecified atom stereocenters. The van der Waals surface area contributed by atoms with Crippen molar-refractivity contribution in [1.29, 1.82) is 0 Å². The van der Waals surface area contributed by atoms with Gasteiger partial charge in [0.25, 0.3) is 15.7 Å². The number of halogens is 4. The minimum absolute atomic E-state index is 0.0390. The Hall–Kier alpha value is -5.86. The number of amides is 2. The number of nitro benzene ring substituents is 1. The first-order chi connectivity index (χ1) is 24.3. The lowest BCUT2D eigenvalue weighted by atomic mass is 10.1. The molecule has 21 heteroatoms. The predicted molar refractivity (Wildman–Crippen MR) is 174 cm³/mol. The molecule has 1 aliphatic heterocycles. The number of carbonyl (C=O) groups is 3. The number of nitrogens with zero attached hydrogens (tertiary/aromatic N) is 3. The highest BCUT2D eigenvalue weighted by Gasteiger charge is 2.32. The summed E-state index contributed by atoms with van der Waals surface area (Å²) in [4.78, 5) is 53.0. The van der Waals surface area contributed by atoms with Gasteiger partial charge in [0.05, 0.1) is 34.3 Å². The molecule has 0 radical (unpaired) electrons. The normalized spacial score (nSPS) is 12.7. The number of carboxylic acid groups (broad SMARTS) is 1. The zero-order chi connectivity index (χ0) is 38.4. The molecule has 5 rings (SSSR count). The predicted octanol–water partition coefficient (Wildman–Crippen LogP) is 5.92. The number of anilines is 1. The first-order valence-electron chi connectivity index (χ1n) is 14.4. The molecule has 3 aromatic carbocycles. The molecular weight excluding hydrogens is 743 g/mol. The van der Waals surface area contributed by atoms with Crippen LogP contribution in [-0.4, -0.2) is 65.7 Å². The summed E-state index contributed by atoms with van der Waals surface area (Å²) < 4.78 is 80.1. The van der Waals surface area contributed by atoms with Crippen molar-refractivity contribution in [2.24, 2.45) is 0 Å². The number of nitro groups is 1. The number of hydrogen-bond acceptors (Lipinski definition) is 12. The lowest BCUT2D eigenvalue weighted by Crippen LogP contribution is -2.39. The van der Waals surface area contributed by atoms with Crippen molar-refractivity contribution in [1.82, 2.24) is 14.7 Å². The third-order valence-corrected chi connectivity index (χ3v) is 8.28. The van der Waals surface area contributed by atoms with E-state index in [4.69, 9.17) is 30.9 Å². The van der Waals surface area contributed by atoms with Gasteiger partial charge in [-0.05, 0) is 56.3 Å². The fourth-order valence-electron chi connectivity index (χ4n) is 4.25. The largest absolute Gasteiger partial charge is 0.477 e. The van der Waals surface area contributed by atoms with E-state index in [0.29, 0.717) is 17.5 Å². The Labute approximate surface area is 296 Å². The van der Waals surface area contributed by atoms with Crippen molar-refractivity contribution in [3.05, 3.63) is 110 Å². The molecule has 1 fully saturated rings. The third-order valence-electron chi connectivity index (χ3n) is 6.59. The standard InChI is InChI=1S/C17H18N4O6S.C14H7ClF3NO5/c1-10-7-11(2)19-16(18-10)20-17(23)21-28(24,25)14-6-4-3-5-13(14)15(22)27-12-8-26-9-12;15-10-5-7(14(16,17)18)1-4-12(10)24-8-2-3-11(19(22)23)9(6-8)13(20)21/h3-7,12H,8-9H2,1-2H3,(H2,18,19,20,21,23);1-6H,(H,20,21). The van der Waals surface area contributed by atoms with Crippen LogP contribution in [0.4, 0.5) is 29.6 Å². The van der Waals surface area contributed by atoms with Crippen LogP contribution in [0.15, 0.2) is 71.6 Å². The second-order valence-corrected chi connectivity index (χ2v) is 12.6. The molecule has 1 aromatic heterocycles. The lowest BCUT2D eigenvalue weighted by Gasteiger charge is -2.25. The number of benzene rings is 3. The van der Waals surface area contributed by atoms with Gasteiger partial charge >= 0.3 is 24.1 Å². The Kier molecular flexibility index (Phi) is 12.0. The van der Waals surface area contributed by atoms with Gasteiger partial charge in [0, 0.05) is 23.5 Å². The molecule has 1 aliphatic rings. The number of alkyl halides is 3. The Morgan fingerprint density at radius 3 is 2.21 bits per heavy atom. The molecule has 4 aromatic rings. The third kappa shape index (κ3) is 10.1. The van der Waals surface area contributed by atoms with Crippen molar-refractivity contribution in [3.8, 4) is 11.5 Å². The fourth-order valence-corrected chi connectivity index (χ4v) is 5.57. The average Bonchev–Trinajstić information content (AvgIpc) is 3.02. The number of nitrogens with one attached hydrogen (secondary N) is 2. The first-order valence-corrected chi connectivity index (χ1v) is 16.3. The van der Waals surface area contributed by atoms with E-state index in [-0.39, 0.29) is 46.1 Å². The zero-order valence-corrected chi connectivity index (χ0v) is 28.2. The van der Waals surface area contributed by atoms with Gasteiger partial charge in [-0.15, -0.1) is 0 Å². The van der Waals surface area contributed by atoms with Crippen LogP contribution in [0, 0.1) is 24.0 Å². The van der Waals surface area contributed by atoms with Crippen LogP contribution in [-0.2, 0) is 25.7 Å². The molecular formula is C31H25ClF3N5O11S. The number of sulfonamides is 1. The van der Waals surface area contributed by atoms with E-state index in [9.17, 15) is 46.1 Å². The van der Waals surface area contributed by atoms with E-state index in [2.05, 4.69) is 15.3 Å². The highest BCUT2D eigenvalue weighted by Crippen LogP contribution is 2.37. The van der Waals surface area contributed by atoms with Crippen LogP contribution in [0.25, 0.3) is 0 Å². The SMILES string of the molecule is Cc1cc(C)nc(NC(=O)NS(=O)(=O)c2ccccc2C(=O)OC2COC2)n1.O=C(O)c1cc(Oc2ccc(C(F)(F)F)cc2Cl)ccc1[N+](=O)[O-]. The topological polar surface area (TPSA) is 226 Å². The zero-order valence-electron chi connectivity index (χ0n) is 26.6. The summed E-state index contributed by atoms with van der Waals surface area (Å²) in [5.74, 6) is -2.68. The maximum absolute atomic E-state index is 12.6. The van der Waals surface area contributed by atoms with E-state index in [1.165, 1.54) is 24.3 Å². The van der Waals surface area contributed by atoms with Crippen molar-refractivity contribution >= 4 is 51.2 Å². The van der Waals surface area contributed by atoms with E-state index < -0.39 is 62.0 Å². The number of aryl methyl sites for hydroxylation is 2. The molecule has 2 amide bonds. The molecule has 2 heterocycles. The summed E-state index contributed by atoms with van der Waals surface area (Å²) in [6, 6.07) is 11.4. The van der Waals surface area contributed by atoms with Crippen LogP contribution >= 0.6 is 11.6 Å². The van der Waals surface area contributed by atoms with Crippen molar-refractivity contribution in [2.75, 3.05) is 18.5 Å². The van der Waals surface area contributed by atoms with E-state index >= 15 is 0 Å². The number of urea groups is 1. The summed E-state index contributed by atoms with van der Waals surface area (Å²) >= 11 is 5.72. The number of aromatic carboxylic acids is 1. The number of carbonyl (C=O) groups excluding carboxylic acids is 2. The minimum Gasteiger partial charge on any atom is -0.477 e. The van der Waals surface area contributed by atoms with Gasteiger partial charge in [-0.1, -0.05) is 23.7 Å². The van der Waals surface area contributed by atoms with Crippen LogP contribution in [0.3, 0.4) is 0 Å². The van der Waals surface area contributed by atoms with Crippen LogP contribution in [0.2, 0.25) is 5.02 Å². The average molecular weight is 768 g/mol. The van der Waals surface area contributed by atoms with Crippen LogP contribution < -0.4 is 14.8 Å². The summed E-state index contributed by atoms with van der Waals surface area (Å²) in [7, 11) is -4.35. The second-order valence-electron chi connectivity index (χ2n) is 10.6. The Bertz CT molecular complexity index is 2130. The van der Waals surface area contributed by atoms with Gasteiger partial charge in [-0.25, -0.2) is 37.5 Å². The molecule has 0 saturated carbocycles. The molecule has 274 valence electrons. The first kappa shape index (κ1) is 38.9. The lowest BCUT2D eigenvalue weighted by molar-refractivity contribution is -0.385. The molecule has 3 N–H and O–H groups in total. The fraction of sp³-hybridized carbons (Fsp3) is 0.194. The number of esters is 1. The Balaban J connectivity index is 0.000000236. The van der Waals surface area contributed by atoms with Crippen molar-refractivity contribution in [3.63, 3.8) is 0 Å². The highest BCUT2D eigenvalue weighted by molar-refractivity contribution is 7.90. The summed E-state index contributed by atoms with van der Waals surface area (Å²) in [6.45, 7) is 3.95.